The Hall–Kier alpha value is -8.34. The van der Waals surface area contributed by atoms with Gasteiger partial charge >= 0.3 is 0 Å². The van der Waals surface area contributed by atoms with Gasteiger partial charge in [0.25, 0.3) is 0 Å². The summed E-state index contributed by atoms with van der Waals surface area (Å²) in [5.41, 5.74) is 20.6. The summed E-state index contributed by atoms with van der Waals surface area (Å²) in [5.74, 6) is 2.98. The second kappa shape index (κ2) is 38.0. The number of carbonyl (C=O) groups excluding carboxylic acids is 2. The number of benzene rings is 8. The van der Waals surface area contributed by atoms with Crippen LogP contribution < -0.4 is 41.0 Å². The zero-order valence-electron chi connectivity index (χ0n) is 50.8. The standard InChI is InChI=1S/C74H88N6O8/c75-43-15-13-25-71(79(51-59-27-35-67(36-28-59)85-55-63-17-5-1-6-18-63)52-60-29-37-68(38-30-60)86-56-64-19-7-2-8-20-64)73(81)77-45-47-83-49-50-84-48-46-78-74(82)72(26-14-16-44-76)80(53-61-31-39-69(40-32-61)87-57-65-21-9-3-10-22-65)54-62-33-41-70(42-34-62)88-58-66-23-11-4-12-24-66/h1-12,17-24,27-42,71-72H,13-16,25-26,43-58,75-76H2,(H,77,81)(H,78,82)/t71-,72+. The lowest BCUT2D eigenvalue weighted by atomic mass is 10.0. The van der Waals surface area contributed by atoms with Gasteiger partial charge in [-0.3, -0.25) is 19.4 Å². The van der Waals surface area contributed by atoms with Crippen molar-refractivity contribution in [3.8, 4) is 23.0 Å². The van der Waals surface area contributed by atoms with Crippen molar-refractivity contribution in [2.24, 2.45) is 11.5 Å². The first-order chi connectivity index (χ1) is 43.4. The third-order valence-corrected chi connectivity index (χ3v) is 15.0. The average Bonchev–Trinajstić information content (AvgIpc) is 3.77. The highest BCUT2D eigenvalue weighted by Crippen LogP contribution is 2.25. The van der Waals surface area contributed by atoms with Gasteiger partial charge in [-0.1, -0.05) is 183 Å². The summed E-state index contributed by atoms with van der Waals surface area (Å²) < 4.78 is 36.4. The van der Waals surface area contributed by atoms with Crippen LogP contribution in [0.1, 0.15) is 83.0 Å². The van der Waals surface area contributed by atoms with Crippen molar-refractivity contribution in [2.75, 3.05) is 52.6 Å². The largest absolute Gasteiger partial charge is 0.489 e. The maximum absolute atomic E-state index is 14.3. The molecule has 0 spiro atoms. The normalized spacial score (nSPS) is 11.9. The van der Waals surface area contributed by atoms with E-state index >= 15 is 0 Å². The number of nitrogens with two attached hydrogens (primary N) is 2. The Labute approximate surface area is 521 Å². The Morgan fingerprint density at radius 2 is 0.591 bits per heavy atom. The van der Waals surface area contributed by atoms with Gasteiger partial charge in [0.05, 0.1) is 38.5 Å². The van der Waals surface area contributed by atoms with E-state index in [0.717, 1.165) is 93.2 Å². The van der Waals surface area contributed by atoms with Crippen LogP contribution in [-0.2, 0) is 71.7 Å². The molecule has 2 atom stereocenters. The van der Waals surface area contributed by atoms with Crippen molar-refractivity contribution in [3.05, 3.63) is 263 Å². The summed E-state index contributed by atoms with van der Waals surface area (Å²) >= 11 is 0. The number of hydrogen-bond acceptors (Lipinski definition) is 12. The Morgan fingerprint density at radius 1 is 0.330 bits per heavy atom. The Bertz CT molecular complexity index is 2770. The second-order valence-electron chi connectivity index (χ2n) is 21.9. The highest BCUT2D eigenvalue weighted by molar-refractivity contribution is 5.82. The van der Waals surface area contributed by atoms with Gasteiger partial charge < -0.3 is 50.5 Å². The van der Waals surface area contributed by atoms with E-state index in [1.807, 2.05) is 170 Å². The predicted molar refractivity (Wildman–Crippen MR) is 348 cm³/mol. The molecule has 0 bridgehead atoms. The van der Waals surface area contributed by atoms with Crippen molar-refractivity contribution in [3.63, 3.8) is 0 Å². The SMILES string of the molecule is NCCCC[C@H](C(=O)NCCOCCOCCNC(=O)[C@H](CCCCN)N(Cc1ccc(OCc2ccccc2)cc1)Cc1ccc(OCc2ccccc2)cc1)N(Cc1ccc(OCc2ccccc2)cc1)Cc1ccc(OCc2ccccc2)cc1. The van der Waals surface area contributed by atoms with Crippen LogP contribution in [0.5, 0.6) is 23.0 Å². The monoisotopic (exact) mass is 1190 g/mol. The predicted octanol–water partition coefficient (Wildman–Crippen LogP) is 12.0. The van der Waals surface area contributed by atoms with Crippen LogP contribution in [0.3, 0.4) is 0 Å². The van der Waals surface area contributed by atoms with E-state index in [2.05, 4.69) is 69.0 Å². The van der Waals surface area contributed by atoms with Crippen LogP contribution in [-0.4, -0.2) is 86.3 Å². The summed E-state index contributed by atoms with van der Waals surface area (Å²) in [5, 5.41) is 6.35. The molecule has 0 heterocycles. The first kappa shape index (κ1) is 65.6. The first-order valence-corrected chi connectivity index (χ1v) is 31.0. The van der Waals surface area contributed by atoms with Gasteiger partial charge in [-0.05, 0) is 132 Å². The van der Waals surface area contributed by atoms with Crippen molar-refractivity contribution in [2.45, 2.75) is 103 Å². The van der Waals surface area contributed by atoms with E-state index in [-0.39, 0.29) is 11.8 Å². The fourth-order valence-electron chi connectivity index (χ4n) is 10.2. The van der Waals surface area contributed by atoms with Crippen LogP contribution >= 0.6 is 0 Å². The highest BCUT2D eigenvalue weighted by Gasteiger charge is 2.28. The zero-order valence-corrected chi connectivity index (χ0v) is 50.8. The molecule has 8 aromatic rings. The van der Waals surface area contributed by atoms with E-state index in [4.69, 9.17) is 39.9 Å². The second-order valence-corrected chi connectivity index (χ2v) is 21.9. The number of unbranched alkanes of at least 4 members (excludes halogenated alkanes) is 2. The number of amides is 2. The van der Waals surface area contributed by atoms with E-state index < -0.39 is 12.1 Å². The zero-order chi connectivity index (χ0) is 61.1. The molecular formula is C74H88N6O8. The quantitative estimate of drug-likeness (QED) is 0.0268. The molecule has 14 nitrogen and oxygen atoms in total. The molecule has 0 saturated heterocycles. The first-order valence-electron chi connectivity index (χ1n) is 31.0. The number of hydrogen-bond donors (Lipinski definition) is 4. The molecule has 0 saturated carbocycles. The molecule has 0 fully saturated rings. The molecule has 8 rings (SSSR count). The maximum atomic E-state index is 14.3. The van der Waals surface area contributed by atoms with Crippen LogP contribution in [0.2, 0.25) is 0 Å². The Kier molecular flexibility index (Phi) is 28.4. The van der Waals surface area contributed by atoms with Crippen molar-refractivity contribution in [1.29, 1.82) is 0 Å². The van der Waals surface area contributed by atoms with Gasteiger partial charge in [0.15, 0.2) is 0 Å². The minimum atomic E-state index is -0.436. The van der Waals surface area contributed by atoms with E-state index in [0.29, 0.717) is 118 Å². The molecule has 14 heteroatoms. The topological polar surface area (TPSA) is 172 Å². The average molecular weight is 1190 g/mol. The summed E-state index contributed by atoms with van der Waals surface area (Å²) in [4.78, 5) is 33.1. The Morgan fingerprint density at radius 3 is 0.841 bits per heavy atom. The molecule has 0 aliphatic carbocycles. The molecule has 0 unspecified atom stereocenters. The number of nitrogens with zero attached hydrogens (tertiary/aromatic N) is 2. The molecule has 2 amide bonds. The summed E-state index contributed by atoms with van der Waals surface area (Å²) in [7, 11) is 0. The molecule has 0 radical (unpaired) electrons. The lowest BCUT2D eigenvalue weighted by molar-refractivity contribution is -0.128. The van der Waals surface area contributed by atoms with E-state index in [9.17, 15) is 9.59 Å². The van der Waals surface area contributed by atoms with Crippen LogP contribution in [0.25, 0.3) is 0 Å². The molecule has 8 aromatic carbocycles. The molecule has 88 heavy (non-hydrogen) atoms. The van der Waals surface area contributed by atoms with E-state index in [1.54, 1.807) is 0 Å². The van der Waals surface area contributed by atoms with Gasteiger partial charge in [-0.25, -0.2) is 0 Å². The van der Waals surface area contributed by atoms with Gasteiger partial charge in [0, 0.05) is 39.3 Å². The highest BCUT2D eigenvalue weighted by atomic mass is 16.5. The fourth-order valence-corrected chi connectivity index (χ4v) is 10.2. The van der Waals surface area contributed by atoms with Crippen molar-refractivity contribution < 1.29 is 38.0 Å². The minimum Gasteiger partial charge on any atom is -0.489 e. The lowest BCUT2D eigenvalue weighted by Gasteiger charge is -2.31. The molecule has 0 aromatic heterocycles. The minimum absolute atomic E-state index is 0.0674. The van der Waals surface area contributed by atoms with Gasteiger partial charge in [-0.2, -0.15) is 0 Å². The summed E-state index contributed by atoms with van der Waals surface area (Å²) in [6.07, 6.45) is 4.48. The van der Waals surface area contributed by atoms with Gasteiger partial charge in [0.1, 0.15) is 49.4 Å². The molecule has 0 aliphatic rings. The van der Waals surface area contributed by atoms with Crippen LogP contribution in [0.4, 0.5) is 0 Å². The maximum Gasteiger partial charge on any atom is 0.237 e. The van der Waals surface area contributed by atoms with Gasteiger partial charge in [0.2, 0.25) is 11.8 Å². The number of ether oxygens (including phenoxy) is 6. The fraction of sp³-hybridized carbons (Fsp3) is 0.324. The molecule has 462 valence electrons. The molecule has 0 aliphatic heterocycles. The van der Waals surface area contributed by atoms with Crippen LogP contribution in [0, 0.1) is 0 Å². The number of nitrogens with one attached hydrogen (secondary N) is 2. The number of rotatable bonds is 41. The van der Waals surface area contributed by atoms with E-state index in [1.165, 1.54) is 0 Å². The third-order valence-electron chi connectivity index (χ3n) is 15.0. The molecule has 6 N–H and O–H groups in total. The summed E-state index contributed by atoms with van der Waals surface area (Å²) in [6.45, 7) is 7.08. The molecular weight excluding hydrogens is 1100 g/mol. The summed E-state index contributed by atoms with van der Waals surface area (Å²) in [6, 6.07) is 72.0. The van der Waals surface area contributed by atoms with Crippen molar-refractivity contribution in [1.82, 2.24) is 20.4 Å². The lowest BCUT2D eigenvalue weighted by Crippen LogP contribution is -2.47. The van der Waals surface area contributed by atoms with Gasteiger partial charge in [-0.15, -0.1) is 0 Å². The smallest absolute Gasteiger partial charge is 0.237 e. The van der Waals surface area contributed by atoms with Crippen molar-refractivity contribution >= 4 is 11.8 Å². The third kappa shape index (κ3) is 23.7. The van der Waals surface area contributed by atoms with Crippen LogP contribution in [0.15, 0.2) is 218 Å². The number of carbonyl (C=O) groups is 2. The Balaban J connectivity index is 0.828.